The first-order valence-electron chi connectivity index (χ1n) is 7.63. The van der Waals surface area contributed by atoms with Crippen LogP contribution in [0.2, 0.25) is 5.02 Å². The van der Waals surface area contributed by atoms with Crippen LogP contribution in [0.1, 0.15) is 31.5 Å². The molecule has 8 heteroatoms. The summed E-state index contributed by atoms with van der Waals surface area (Å²) >= 11 is 7.13. The second kappa shape index (κ2) is 8.31. The number of carboxylic acid groups (broad SMARTS) is 1. The molecule has 1 heterocycles. The van der Waals surface area contributed by atoms with Crippen molar-refractivity contribution in [1.29, 1.82) is 0 Å². The van der Waals surface area contributed by atoms with Crippen LogP contribution < -0.4 is 10.1 Å². The average molecular weight is 383 g/mol. The smallest absolute Gasteiger partial charge is 0.347 e. The maximum Gasteiger partial charge on any atom is 0.347 e. The molecule has 2 aromatic rings. The minimum atomic E-state index is -1.02. The van der Waals surface area contributed by atoms with Gasteiger partial charge in [-0.2, -0.15) is 0 Å². The molecule has 6 nitrogen and oxygen atoms in total. The van der Waals surface area contributed by atoms with Crippen LogP contribution >= 0.6 is 22.9 Å². The molecule has 0 aliphatic heterocycles. The first-order chi connectivity index (χ1) is 11.8. The highest BCUT2D eigenvalue weighted by atomic mass is 35.5. The number of aromatic nitrogens is 1. The van der Waals surface area contributed by atoms with Crippen molar-refractivity contribution in [3.05, 3.63) is 43.9 Å². The van der Waals surface area contributed by atoms with Crippen LogP contribution in [0.5, 0.6) is 5.75 Å². The summed E-state index contributed by atoms with van der Waals surface area (Å²) in [6.45, 7) is 6.10. The van der Waals surface area contributed by atoms with E-state index >= 15 is 0 Å². The van der Waals surface area contributed by atoms with E-state index in [2.05, 4.69) is 10.3 Å². The molecule has 0 aliphatic carbocycles. The van der Waals surface area contributed by atoms with Crippen molar-refractivity contribution in [3.63, 3.8) is 0 Å². The minimum Gasteiger partial charge on any atom is -0.492 e. The SMILES string of the molecule is Cc1cc(OCCNC(=O)Cc2nc(C)c(C(=O)O)s2)cc(C)c1Cl. The Balaban J connectivity index is 1.79. The molecule has 0 bridgehead atoms. The number of thiazole rings is 1. The van der Waals surface area contributed by atoms with Gasteiger partial charge in [-0.25, -0.2) is 9.78 Å². The summed E-state index contributed by atoms with van der Waals surface area (Å²) in [5.41, 5.74) is 2.31. The van der Waals surface area contributed by atoms with Gasteiger partial charge in [0.2, 0.25) is 5.91 Å². The molecule has 0 saturated heterocycles. The Morgan fingerprint density at radius 1 is 1.28 bits per heavy atom. The highest BCUT2D eigenvalue weighted by molar-refractivity contribution is 7.13. The molecule has 0 fully saturated rings. The second-order valence-electron chi connectivity index (χ2n) is 5.57. The van der Waals surface area contributed by atoms with Gasteiger partial charge in [-0.1, -0.05) is 11.6 Å². The van der Waals surface area contributed by atoms with Crippen LogP contribution in [-0.4, -0.2) is 35.1 Å². The highest BCUT2D eigenvalue weighted by Crippen LogP contribution is 2.25. The fraction of sp³-hybridized carbons (Fsp3) is 0.353. The summed E-state index contributed by atoms with van der Waals surface area (Å²) in [7, 11) is 0. The number of hydrogen-bond acceptors (Lipinski definition) is 5. The Kier molecular flexibility index (Phi) is 6.39. The van der Waals surface area contributed by atoms with Gasteiger partial charge in [0.1, 0.15) is 22.2 Å². The fourth-order valence-electron chi connectivity index (χ4n) is 2.28. The van der Waals surface area contributed by atoms with Crippen LogP contribution in [0.15, 0.2) is 12.1 Å². The van der Waals surface area contributed by atoms with E-state index in [1.165, 1.54) is 0 Å². The van der Waals surface area contributed by atoms with E-state index in [4.69, 9.17) is 21.4 Å². The van der Waals surface area contributed by atoms with Crippen molar-refractivity contribution in [3.8, 4) is 5.75 Å². The second-order valence-corrected chi connectivity index (χ2v) is 7.04. The number of aromatic carboxylic acids is 1. The monoisotopic (exact) mass is 382 g/mol. The quantitative estimate of drug-likeness (QED) is 0.718. The van der Waals surface area contributed by atoms with Gasteiger partial charge in [-0.15, -0.1) is 11.3 Å². The summed E-state index contributed by atoms with van der Waals surface area (Å²) < 4.78 is 5.61. The number of nitrogens with one attached hydrogen (secondary N) is 1. The van der Waals surface area contributed by atoms with E-state index in [-0.39, 0.29) is 17.2 Å². The number of halogens is 1. The maximum atomic E-state index is 11.9. The highest BCUT2D eigenvalue weighted by Gasteiger charge is 2.15. The third-order valence-electron chi connectivity index (χ3n) is 3.45. The number of amides is 1. The lowest BCUT2D eigenvalue weighted by Crippen LogP contribution is -2.29. The lowest BCUT2D eigenvalue weighted by Gasteiger charge is -2.10. The van der Waals surface area contributed by atoms with Crippen molar-refractivity contribution in [2.45, 2.75) is 27.2 Å². The Morgan fingerprint density at radius 2 is 1.92 bits per heavy atom. The van der Waals surface area contributed by atoms with E-state index < -0.39 is 5.97 Å². The fourth-order valence-corrected chi connectivity index (χ4v) is 3.29. The summed E-state index contributed by atoms with van der Waals surface area (Å²) in [4.78, 5) is 27.2. The Labute approximate surface area is 154 Å². The van der Waals surface area contributed by atoms with Crippen molar-refractivity contribution >= 4 is 34.8 Å². The lowest BCUT2D eigenvalue weighted by atomic mass is 10.1. The number of carbonyl (C=O) groups is 2. The number of aryl methyl sites for hydroxylation is 3. The molecular formula is C17H19ClN2O4S. The number of carboxylic acids is 1. The molecule has 1 aromatic heterocycles. The minimum absolute atomic E-state index is 0.0535. The molecule has 0 unspecified atom stereocenters. The normalized spacial score (nSPS) is 10.6. The van der Waals surface area contributed by atoms with Gasteiger partial charge in [0.25, 0.3) is 0 Å². The van der Waals surface area contributed by atoms with Crippen molar-refractivity contribution < 1.29 is 19.4 Å². The van der Waals surface area contributed by atoms with Crippen molar-refractivity contribution in [2.75, 3.05) is 13.2 Å². The zero-order valence-corrected chi connectivity index (χ0v) is 15.8. The van der Waals surface area contributed by atoms with Gasteiger partial charge in [0.15, 0.2) is 0 Å². The maximum absolute atomic E-state index is 11.9. The van der Waals surface area contributed by atoms with Gasteiger partial charge in [-0.3, -0.25) is 4.79 Å². The van der Waals surface area contributed by atoms with E-state index in [1.54, 1.807) is 6.92 Å². The van der Waals surface area contributed by atoms with Crippen molar-refractivity contribution in [2.24, 2.45) is 0 Å². The van der Waals surface area contributed by atoms with Gasteiger partial charge in [0, 0.05) is 5.02 Å². The van der Waals surface area contributed by atoms with Crippen LogP contribution in [0.3, 0.4) is 0 Å². The average Bonchev–Trinajstić information content (AvgIpc) is 2.89. The summed E-state index contributed by atoms with van der Waals surface area (Å²) in [6, 6.07) is 3.70. The van der Waals surface area contributed by atoms with Gasteiger partial charge < -0.3 is 15.2 Å². The topological polar surface area (TPSA) is 88.5 Å². The number of rotatable bonds is 7. The predicted molar refractivity (Wildman–Crippen MR) is 96.9 cm³/mol. The standard InChI is InChI=1S/C17H19ClN2O4S/c1-9-6-12(7-10(2)15(9)18)24-5-4-19-13(21)8-14-20-11(3)16(25-14)17(22)23/h6-7H,4-5,8H2,1-3H3,(H,19,21)(H,22,23). The zero-order chi connectivity index (χ0) is 18.6. The summed E-state index contributed by atoms with van der Waals surface area (Å²) in [5.74, 6) is -0.545. The third kappa shape index (κ3) is 5.17. The van der Waals surface area contributed by atoms with E-state index in [1.807, 2.05) is 26.0 Å². The molecular weight excluding hydrogens is 364 g/mol. The molecule has 0 saturated carbocycles. The number of carbonyl (C=O) groups excluding carboxylic acids is 1. The summed E-state index contributed by atoms with van der Waals surface area (Å²) in [6.07, 6.45) is 0.0535. The van der Waals surface area contributed by atoms with Gasteiger partial charge in [0.05, 0.1) is 18.7 Å². The first kappa shape index (κ1) is 19.2. The zero-order valence-electron chi connectivity index (χ0n) is 14.2. The van der Waals surface area contributed by atoms with Crippen molar-refractivity contribution in [1.82, 2.24) is 10.3 Å². The molecule has 0 atom stereocenters. The first-order valence-corrected chi connectivity index (χ1v) is 8.83. The van der Waals surface area contributed by atoms with E-state index in [9.17, 15) is 9.59 Å². The molecule has 0 aliphatic rings. The number of ether oxygens (including phenoxy) is 1. The Hall–Kier alpha value is -2.12. The molecule has 1 aromatic carbocycles. The molecule has 134 valence electrons. The predicted octanol–water partition coefficient (Wildman–Crippen LogP) is 3.16. The van der Waals surface area contributed by atoms with Crippen LogP contribution in [0, 0.1) is 20.8 Å². The van der Waals surface area contributed by atoms with E-state index in [0.717, 1.165) is 27.5 Å². The number of hydrogen-bond donors (Lipinski definition) is 2. The van der Waals surface area contributed by atoms with Gasteiger partial charge >= 0.3 is 5.97 Å². The number of benzene rings is 1. The molecule has 2 N–H and O–H groups in total. The van der Waals surface area contributed by atoms with Crippen LogP contribution in [-0.2, 0) is 11.2 Å². The number of nitrogens with zero attached hydrogens (tertiary/aromatic N) is 1. The summed E-state index contributed by atoms with van der Waals surface area (Å²) in [5, 5.41) is 12.9. The Bertz CT molecular complexity index is 781. The molecule has 2 rings (SSSR count). The van der Waals surface area contributed by atoms with Crippen LogP contribution in [0.25, 0.3) is 0 Å². The molecule has 0 spiro atoms. The third-order valence-corrected chi connectivity index (χ3v) is 5.19. The van der Waals surface area contributed by atoms with E-state index in [0.29, 0.717) is 29.6 Å². The Morgan fingerprint density at radius 3 is 2.48 bits per heavy atom. The van der Waals surface area contributed by atoms with Gasteiger partial charge in [-0.05, 0) is 44.0 Å². The lowest BCUT2D eigenvalue weighted by molar-refractivity contribution is -0.120. The van der Waals surface area contributed by atoms with Crippen LogP contribution in [0.4, 0.5) is 0 Å². The molecule has 25 heavy (non-hydrogen) atoms. The molecule has 0 radical (unpaired) electrons. The molecule has 1 amide bonds. The largest absolute Gasteiger partial charge is 0.492 e.